The van der Waals surface area contributed by atoms with Crippen LogP contribution in [-0.4, -0.2) is 43.8 Å². The quantitative estimate of drug-likeness (QED) is 0.150. The molecule has 0 saturated heterocycles. The summed E-state index contributed by atoms with van der Waals surface area (Å²) in [5.74, 6) is -1.06. The van der Waals surface area contributed by atoms with Crippen molar-refractivity contribution in [2.75, 3.05) is 10.8 Å². The van der Waals surface area contributed by atoms with Crippen molar-refractivity contribution < 1.29 is 18.0 Å². The first kappa shape index (κ1) is 36.6. The van der Waals surface area contributed by atoms with Gasteiger partial charge in [0.05, 0.1) is 20.6 Å². The van der Waals surface area contributed by atoms with Crippen LogP contribution in [0.15, 0.2) is 95.9 Å². The highest BCUT2D eigenvalue weighted by atomic mass is 35.5. The van der Waals surface area contributed by atoms with Crippen LogP contribution in [0.1, 0.15) is 37.0 Å². The minimum Gasteiger partial charge on any atom is -0.352 e. The first-order chi connectivity index (χ1) is 22.3. The van der Waals surface area contributed by atoms with E-state index in [1.807, 2.05) is 51.1 Å². The molecule has 4 aromatic carbocycles. The highest BCUT2D eigenvalue weighted by molar-refractivity contribution is 7.92. The SMILES string of the molecule is CC[C@@H](C)NC(=O)[C@H](Cc1ccccc1)N(Cc1ccc(Cl)cc1Cl)C(=O)CN(c1cccc(Cl)c1Cl)S(=O)(=O)c1ccc(C)cc1. The molecule has 0 aromatic heterocycles. The van der Waals surface area contributed by atoms with E-state index in [0.29, 0.717) is 17.0 Å². The monoisotopic (exact) mass is 733 g/mol. The zero-order valence-electron chi connectivity index (χ0n) is 26.1. The molecular weight excluding hydrogens is 700 g/mol. The fraction of sp³-hybridized carbons (Fsp3) is 0.257. The molecule has 47 heavy (non-hydrogen) atoms. The van der Waals surface area contributed by atoms with Gasteiger partial charge in [0, 0.05) is 29.1 Å². The molecule has 0 fully saturated rings. The molecule has 4 rings (SSSR count). The van der Waals surface area contributed by atoms with E-state index in [9.17, 15) is 18.0 Å². The maximum atomic E-state index is 14.6. The zero-order chi connectivity index (χ0) is 34.3. The first-order valence-corrected chi connectivity index (χ1v) is 17.9. The Hall–Kier alpha value is -3.27. The van der Waals surface area contributed by atoms with Gasteiger partial charge in [-0.3, -0.25) is 13.9 Å². The van der Waals surface area contributed by atoms with Crippen LogP contribution in [0.2, 0.25) is 20.1 Å². The van der Waals surface area contributed by atoms with Gasteiger partial charge in [0.2, 0.25) is 11.8 Å². The fourth-order valence-electron chi connectivity index (χ4n) is 4.86. The van der Waals surface area contributed by atoms with Gasteiger partial charge in [-0.15, -0.1) is 0 Å². The molecule has 0 bridgehead atoms. The molecule has 0 radical (unpaired) electrons. The van der Waals surface area contributed by atoms with Crippen molar-refractivity contribution in [3.05, 3.63) is 128 Å². The van der Waals surface area contributed by atoms with Crippen LogP contribution in [0.4, 0.5) is 5.69 Å². The lowest BCUT2D eigenvalue weighted by atomic mass is 10.0. The maximum absolute atomic E-state index is 14.6. The number of amides is 2. The number of aryl methyl sites for hydroxylation is 1. The summed E-state index contributed by atoms with van der Waals surface area (Å²) < 4.78 is 29.4. The van der Waals surface area contributed by atoms with Crippen molar-refractivity contribution in [1.29, 1.82) is 0 Å². The lowest BCUT2D eigenvalue weighted by Crippen LogP contribution is -2.54. The normalized spacial score (nSPS) is 12.7. The van der Waals surface area contributed by atoms with Crippen molar-refractivity contribution >= 4 is 73.9 Å². The van der Waals surface area contributed by atoms with Crippen LogP contribution in [0.25, 0.3) is 0 Å². The number of hydrogen-bond donors (Lipinski definition) is 1. The molecule has 0 saturated carbocycles. The molecule has 248 valence electrons. The van der Waals surface area contributed by atoms with Crippen LogP contribution >= 0.6 is 46.4 Å². The Bertz CT molecular complexity index is 1820. The van der Waals surface area contributed by atoms with Gasteiger partial charge < -0.3 is 10.2 Å². The van der Waals surface area contributed by atoms with E-state index >= 15 is 0 Å². The average Bonchev–Trinajstić information content (AvgIpc) is 3.04. The maximum Gasteiger partial charge on any atom is 0.264 e. The number of sulfonamides is 1. The van der Waals surface area contributed by atoms with Gasteiger partial charge in [0.1, 0.15) is 12.6 Å². The number of nitrogens with zero attached hydrogens (tertiary/aromatic N) is 2. The standard InChI is InChI=1S/C35H35Cl4N3O4S/c1-4-24(3)40-35(44)32(19-25-9-6-5-7-10-25)41(21-26-15-16-27(36)20-30(26)38)33(43)22-42(31-12-8-11-29(37)34(31)39)47(45,46)28-17-13-23(2)14-18-28/h5-18,20,24,32H,4,19,21-22H2,1-3H3,(H,40,44)/t24-,32+/m1/s1. The van der Waals surface area contributed by atoms with E-state index in [2.05, 4.69) is 5.32 Å². The Kier molecular flexibility index (Phi) is 12.6. The largest absolute Gasteiger partial charge is 0.352 e. The number of carbonyl (C=O) groups is 2. The molecule has 0 aliphatic carbocycles. The molecule has 1 N–H and O–H groups in total. The zero-order valence-corrected chi connectivity index (χ0v) is 29.9. The van der Waals surface area contributed by atoms with Crippen LogP contribution < -0.4 is 9.62 Å². The smallest absolute Gasteiger partial charge is 0.264 e. The number of rotatable bonds is 13. The van der Waals surface area contributed by atoms with Gasteiger partial charge in [-0.1, -0.05) is 113 Å². The Labute approximate surface area is 296 Å². The molecule has 2 amide bonds. The predicted octanol–water partition coefficient (Wildman–Crippen LogP) is 8.36. The van der Waals surface area contributed by atoms with Gasteiger partial charge in [-0.2, -0.15) is 0 Å². The number of carbonyl (C=O) groups excluding carboxylic acids is 2. The van der Waals surface area contributed by atoms with E-state index in [-0.39, 0.29) is 44.7 Å². The summed E-state index contributed by atoms with van der Waals surface area (Å²) in [5, 5.41) is 3.76. The van der Waals surface area contributed by atoms with Crippen LogP contribution in [0.3, 0.4) is 0 Å². The van der Waals surface area contributed by atoms with Gasteiger partial charge in [0.25, 0.3) is 10.0 Å². The molecule has 0 unspecified atom stereocenters. The van der Waals surface area contributed by atoms with Crippen LogP contribution in [0, 0.1) is 6.92 Å². The fourth-order valence-corrected chi connectivity index (χ4v) is 7.21. The van der Waals surface area contributed by atoms with E-state index < -0.39 is 34.4 Å². The van der Waals surface area contributed by atoms with E-state index in [0.717, 1.165) is 15.4 Å². The molecule has 0 aliphatic rings. The average molecular weight is 736 g/mol. The van der Waals surface area contributed by atoms with Crippen molar-refractivity contribution in [3.8, 4) is 0 Å². The summed E-state index contributed by atoms with van der Waals surface area (Å²) in [7, 11) is -4.35. The Morgan fingerprint density at radius 1 is 0.851 bits per heavy atom. The molecule has 0 aliphatic heterocycles. The molecule has 7 nitrogen and oxygen atoms in total. The molecule has 0 spiro atoms. The summed E-state index contributed by atoms with van der Waals surface area (Å²) in [5.41, 5.74) is 2.20. The summed E-state index contributed by atoms with van der Waals surface area (Å²) in [6.45, 7) is 4.85. The van der Waals surface area contributed by atoms with Crippen molar-refractivity contribution in [3.63, 3.8) is 0 Å². The second kappa shape index (κ2) is 16.2. The third-order valence-electron chi connectivity index (χ3n) is 7.72. The first-order valence-electron chi connectivity index (χ1n) is 14.9. The molecular formula is C35H35Cl4N3O4S. The Balaban J connectivity index is 1.86. The summed E-state index contributed by atoms with van der Waals surface area (Å²) in [6, 6.07) is 23.7. The summed E-state index contributed by atoms with van der Waals surface area (Å²) in [6.07, 6.45) is 0.819. The lowest BCUT2D eigenvalue weighted by molar-refractivity contribution is -0.140. The van der Waals surface area contributed by atoms with E-state index in [1.165, 1.54) is 29.2 Å². The molecule has 4 aromatic rings. The topological polar surface area (TPSA) is 86.8 Å². The molecule has 0 heterocycles. The van der Waals surface area contributed by atoms with E-state index in [4.69, 9.17) is 46.4 Å². The molecule has 2 atom stereocenters. The number of benzene rings is 4. The summed E-state index contributed by atoms with van der Waals surface area (Å²) in [4.78, 5) is 29.9. The minimum atomic E-state index is -4.35. The highest BCUT2D eigenvalue weighted by Crippen LogP contribution is 2.36. The van der Waals surface area contributed by atoms with E-state index in [1.54, 1.807) is 36.4 Å². The number of anilines is 1. The lowest BCUT2D eigenvalue weighted by Gasteiger charge is -2.34. The second-order valence-electron chi connectivity index (χ2n) is 11.2. The number of hydrogen-bond acceptors (Lipinski definition) is 4. The van der Waals surface area contributed by atoms with Gasteiger partial charge in [0.15, 0.2) is 0 Å². The van der Waals surface area contributed by atoms with Gasteiger partial charge in [-0.25, -0.2) is 8.42 Å². The van der Waals surface area contributed by atoms with Crippen molar-refractivity contribution in [2.45, 2.75) is 57.1 Å². The number of nitrogens with one attached hydrogen (secondary N) is 1. The highest BCUT2D eigenvalue weighted by Gasteiger charge is 2.36. The van der Waals surface area contributed by atoms with Crippen molar-refractivity contribution in [2.24, 2.45) is 0 Å². The second-order valence-corrected chi connectivity index (χ2v) is 14.7. The minimum absolute atomic E-state index is 0.0150. The Morgan fingerprint density at radius 3 is 2.17 bits per heavy atom. The van der Waals surface area contributed by atoms with Crippen LogP contribution in [-0.2, 0) is 32.6 Å². The summed E-state index contributed by atoms with van der Waals surface area (Å²) >= 11 is 25.6. The Morgan fingerprint density at radius 2 is 1.53 bits per heavy atom. The third-order valence-corrected chi connectivity index (χ3v) is 10.9. The molecule has 12 heteroatoms. The predicted molar refractivity (Wildman–Crippen MR) is 191 cm³/mol. The van der Waals surface area contributed by atoms with Crippen LogP contribution in [0.5, 0.6) is 0 Å². The third kappa shape index (κ3) is 9.21. The number of halogens is 4. The van der Waals surface area contributed by atoms with Crippen molar-refractivity contribution in [1.82, 2.24) is 10.2 Å². The van der Waals surface area contributed by atoms with Gasteiger partial charge >= 0.3 is 0 Å². The van der Waals surface area contributed by atoms with Gasteiger partial charge in [-0.05, 0) is 67.8 Å².